The molecule has 34 heavy (non-hydrogen) atoms. The second-order valence-corrected chi connectivity index (χ2v) is 9.68. The number of halogens is 2. The van der Waals surface area contributed by atoms with E-state index in [2.05, 4.69) is 20.2 Å². The second-order valence-electron chi connectivity index (χ2n) is 8.87. The molecule has 180 valence electrons. The molecule has 2 aromatic heterocycles. The summed E-state index contributed by atoms with van der Waals surface area (Å²) in [6, 6.07) is 5.71. The number of aromatic nitrogens is 4. The van der Waals surface area contributed by atoms with Crippen LogP contribution in [0.1, 0.15) is 44.6 Å². The molecule has 0 atom stereocenters. The maximum absolute atomic E-state index is 11.7. The number of para-hydroxylation sites is 1. The first-order valence-corrected chi connectivity index (χ1v) is 12.3. The normalized spacial score (nSPS) is 21.5. The number of carbonyl (C=O) groups excluding carboxylic acids is 1. The summed E-state index contributed by atoms with van der Waals surface area (Å²) in [6.45, 7) is 1.46. The van der Waals surface area contributed by atoms with Crippen molar-refractivity contribution in [3.63, 3.8) is 0 Å². The summed E-state index contributed by atoms with van der Waals surface area (Å²) in [4.78, 5) is 25.8. The lowest BCUT2D eigenvalue weighted by molar-refractivity contribution is -0.122. The molecule has 1 amide bonds. The Kier molecular flexibility index (Phi) is 6.76. The lowest BCUT2D eigenvalue weighted by Gasteiger charge is -2.29. The SMILES string of the molecule is NC(=O)C1CCC(n2c(Nc3c(Cl)cccc3Cl)nc3cnc(NC4CCOCC4)nc32)CC1. The number of nitrogens with one attached hydrogen (secondary N) is 2. The average Bonchev–Trinajstić information content (AvgIpc) is 3.19. The lowest BCUT2D eigenvalue weighted by Crippen LogP contribution is -2.29. The number of primary amides is 1. The number of nitrogens with two attached hydrogens (primary N) is 1. The highest BCUT2D eigenvalue weighted by Crippen LogP contribution is 2.39. The molecular weight excluding hydrogens is 477 g/mol. The van der Waals surface area contributed by atoms with E-state index >= 15 is 0 Å². The van der Waals surface area contributed by atoms with Crippen LogP contribution >= 0.6 is 23.2 Å². The standard InChI is InChI=1S/C23H27Cl2N7O2/c24-16-2-1-3-17(25)19(16)30-23-29-18-12-27-22(28-14-8-10-34-11-9-14)31-21(18)32(23)15-6-4-13(5-7-15)20(26)33/h1-3,12-15H,4-11H2,(H2,26,33)(H,29,30)(H,27,28,31). The van der Waals surface area contributed by atoms with E-state index in [9.17, 15) is 4.79 Å². The first-order valence-electron chi connectivity index (χ1n) is 11.6. The van der Waals surface area contributed by atoms with Crippen molar-refractivity contribution >= 4 is 57.9 Å². The number of carbonyl (C=O) groups is 1. The summed E-state index contributed by atoms with van der Waals surface area (Å²) in [5, 5.41) is 7.75. The summed E-state index contributed by atoms with van der Waals surface area (Å²) in [6.07, 6.45) is 6.59. The van der Waals surface area contributed by atoms with Crippen molar-refractivity contribution in [3.05, 3.63) is 34.4 Å². The van der Waals surface area contributed by atoms with E-state index in [1.165, 1.54) is 0 Å². The molecule has 1 aromatic carbocycles. The second kappa shape index (κ2) is 9.93. The number of benzene rings is 1. The van der Waals surface area contributed by atoms with E-state index in [-0.39, 0.29) is 23.9 Å². The van der Waals surface area contributed by atoms with Crippen LogP contribution in [0.15, 0.2) is 24.4 Å². The van der Waals surface area contributed by atoms with Crippen LogP contribution in [-0.2, 0) is 9.53 Å². The number of hydrogen-bond acceptors (Lipinski definition) is 7. The van der Waals surface area contributed by atoms with Crippen LogP contribution in [0.25, 0.3) is 11.2 Å². The van der Waals surface area contributed by atoms with E-state index in [1.54, 1.807) is 24.4 Å². The molecule has 2 aliphatic rings. The summed E-state index contributed by atoms with van der Waals surface area (Å²) >= 11 is 12.8. The fraction of sp³-hybridized carbons (Fsp3) is 0.478. The zero-order valence-electron chi connectivity index (χ0n) is 18.6. The predicted molar refractivity (Wildman–Crippen MR) is 133 cm³/mol. The number of amides is 1. The number of anilines is 3. The third kappa shape index (κ3) is 4.78. The Morgan fingerprint density at radius 2 is 1.76 bits per heavy atom. The molecule has 0 unspecified atom stereocenters. The van der Waals surface area contributed by atoms with Crippen LogP contribution in [0.4, 0.5) is 17.6 Å². The van der Waals surface area contributed by atoms with Crippen molar-refractivity contribution in [1.29, 1.82) is 0 Å². The molecule has 3 aromatic rings. The largest absolute Gasteiger partial charge is 0.381 e. The monoisotopic (exact) mass is 503 g/mol. The minimum atomic E-state index is -0.236. The van der Waals surface area contributed by atoms with Crippen molar-refractivity contribution in [2.24, 2.45) is 11.7 Å². The molecule has 11 heteroatoms. The van der Waals surface area contributed by atoms with Crippen molar-refractivity contribution in [2.45, 2.75) is 50.6 Å². The third-order valence-electron chi connectivity index (χ3n) is 6.65. The van der Waals surface area contributed by atoms with Gasteiger partial charge in [-0.2, -0.15) is 4.98 Å². The molecule has 5 rings (SSSR count). The van der Waals surface area contributed by atoms with Gasteiger partial charge in [-0.05, 0) is 50.7 Å². The molecule has 2 fully saturated rings. The van der Waals surface area contributed by atoms with E-state index in [0.717, 1.165) is 57.4 Å². The first kappa shape index (κ1) is 23.1. The maximum Gasteiger partial charge on any atom is 0.224 e. The Hall–Kier alpha value is -2.62. The van der Waals surface area contributed by atoms with Crippen LogP contribution < -0.4 is 16.4 Å². The number of ether oxygens (including phenoxy) is 1. The highest BCUT2D eigenvalue weighted by molar-refractivity contribution is 6.39. The first-order chi connectivity index (χ1) is 16.5. The minimum Gasteiger partial charge on any atom is -0.381 e. The molecule has 0 spiro atoms. The zero-order valence-corrected chi connectivity index (χ0v) is 20.1. The number of hydrogen-bond donors (Lipinski definition) is 3. The van der Waals surface area contributed by atoms with Crippen LogP contribution in [0.3, 0.4) is 0 Å². The maximum atomic E-state index is 11.7. The quantitative estimate of drug-likeness (QED) is 0.446. The van der Waals surface area contributed by atoms with Crippen molar-refractivity contribution in [3.8, 4) is 0 Å². The van der Waals surface area contributed by atoms with Crippen LogP contribution in [0.2, 0.25) is 10.0 Å². The highest BCUT2D eigenvalue weighted by Gasteiger charge is 2.29. The Morgan fingerprint density at radius 3 is 2.44 bits per heavy atom. The Morgan fingerprint density at radius 1 is 1.06 bits per heavy atom. The van der Waals surface area contributed by atoms with Crippen molar-refractivity contribution < 1.29 is 9.53 Å². The van der Waals surface area contributed by atoms with Crippen molar-refractivity contribution in [1.82, 2.24) is 19.5 Å². The number of nitrogens with zero attached hydrogens (tertiary/aromatic N) is 4. The van der Waals surface area contributed by atoms with Gasteiger partial charge < -0.3 is 21.1 Å². The summed E-state index contributed by atoms with van der Waals surface area (Å²) < 4.78 is 7.54. The van der Waals surface area contributed by atoms with E-state index in [4.69, 9.17) is 43.6 Å². The molecule has 1 aliphatic heterocycles. The minimum absolute atomic E-state index is 0.0928. The molecule has 4 N–H and O–H groups in total. The van der Waals surface area contributed by atoms with Gasteiger partial charge in [0, 0.05) is 31.2 Å². The van der Waals surface area contributed by atoms with Gasteiger partial charge in [-0.3, -0.25) is 9.36 Å². The van der Waals surface area contributed by atoms with Gasteiger partial charge in [0.05, 0.1) is 21.9 Å². The summed E-state index contributed by atoms with van der Waals surface area (Å²) in [5.74, 6) is 0.819. The molecule has 1 aliphatic carbocycles. The molecule has 0 bridgehead atoms. The van der Waals surface area contributed by atoms with Gasteiger partial charge in [0.15, 0.2) is 5.65 Å². The van der Waals surface area contributed by atoms with Crippen LogP contribution in [0, 0.1) is 5.92 Å². The lowest BCUT2D eigenvalue weighted by atomic mass is 9.85. The molecule has 0 radical (unpaired) electrons. The number of fused-ring (bicyclic) bond motifs is 1. The fourth-order valence-electron chi connectivity index (χ4n) is 4.77. The van der Waals surface area contributed by atoms with Gasteiger partial charge in [0.1, 0.15) is 5.52 Å². The van der Waals surface area contributed by atoms with Crippen LogP contribution in [-0.4, -0.2) is 44.7 Å². The average molecular weight is 504 g/mol. The third-order valence-corrected chi connectivity index (χ3v) is 7.28. The van der Waals surface area contributed by atoms with Gasteiger partial charge in [0.2, 0.25) is 17.8 Å². The van der Waals surface area contributed by atoms with Gasteiger partial charge in [0.25, 0.3) is 0 Å². The molecule has 9 nitrogen and oxygen atoms in total. The topological polar surface area (TPSA) is 120 Å². The van der Waals surface area contributed by atoms with E-state index in [0.29, 0.717) is 33.1 Å². The molecule has 3 heterocycles. The molecule has 1 saturated heterocycles. The molecular formula is C23H27Cl2N7O2. The Labute approximate surface area is 207 Å². The predicted octanol–water partition coefficient (Wildman–Crippen LogP) is 4.68. The van der Waals surface area contributed by atoms with E-state index < -0.39 is 0 Å². The number of rotatable bonds is 6. The number of imidazole rings is 1. The van der Waals surface area contributed by atoms with Gasteiger partial charge in [-0.1, -0.05) is 29.3 Å². The Bertz CT molecular complexity index is 1170. The zero-order chi connectivity index (χ0) is 23.7. The smallest absolute Gasteiger partial charge is 0.224 e. The van der Waals surface area contributed by atoms with Gasteiger partial charge in [-0.15, -0.1) is 0 Å². The summed E-state index contributed by atoms with van der Waals surface area (Å²) in [7, 11) is 0. The van der Waals surface area contributed by atoms with E-state index in [1.807, 2.05) is 0 Å². The summed E-state index contributed by atoms with van der Waals surface area (Å²) in [5.41, 5.74) is 7.53. The van der Waals surface area contributed by atoms with Gasteiger partial charge in [-0.25, -0.2) is 9.97 Å². The van der Waals surface area contributed by atoms with Crippen molar-refractivity contribution in [2.75, 3.05) is 23.8 Å². The fourth-order valence-corrected chi connectivity index (χ4v) is 5.26. The van der Waals surface area contributed by atoms with Gasteiger partial charge >= 0.3 is 0 Å². The van der Waals surface area contributed by atoms with Crippen LogP contribution in [0.5, 0.6) is 0 Å². The Balaban J connectivity index is 1.52. The highest BCUT2D eigenvalue weighted by atomic mass is 35.5. The molecule has 1 saturated carbocycles.